The van der Waals surface area contributed by atoms with E-state index in [9.17, 15) is 9.59 Å². The van der Waals surface area contributed by atoms with Crippen LogP contribution in [-0.4, -0.2) is 40.9 Å². The van der Waals surface area contributed by atoms with E-state index >= 15 is 0 Å². The SMILES string of the molecule is CN(CC(=O)NC1CC1)C(=O)c1cccn1-c1cccc(I)c1. The van der Waals surface area contributed by atoms with Gasteiger partial charge in [-0.2, -0.15) is 0 Å². The van der Waals surface area contributed by atoms with Crippen LogP contribution in [0.2, 0.25) is 0 Å². The molecule has 0 aliphatic heterocycles. The lowest BCUT2D eigenvalue weighted by molar-refractivity contribution is -0.121. The zero-order valence-corrected chi connectivity index (χ0v) is 15.0. The van der Waals surface area contributed by atoms with Crippen molar-refractivity contribution in [1.82, 2.24) is 14.8 Å². The van der Waals surface area contributed by atoms with Crippen molar-refractivity contribution in [1.29, 1.82) is 0 Å². The van der Waals surface area contributed by atoms with Gasteiger partial charge in [0.05, 0.1) is 6.54 Å². The predicted octanol–water partition coefficient (Wildman–Crippen LogP) is 2.43. The fourth-order valence-corrected chi connectivity index (χ4v) is 2.92. The van der Waals surface area contributed by atoms with Crippen molar-refractivity contribution in [2.24, 2.45) is 0 Å². The molecule has 1 heterocycles. The van der Waals surface area contributed by atoms with Gasteiger partial charge in [0, 0.05) is 28.5 Å². The number of likely N-dealkylation sites (N-methyl/N-ethyl adjacent to an activating group) is 1. The van der Waals surface area contributed by atoms with Crippen molar-refractivity contribution in [2.45, 2.75) is 18.9 Å². The summed E-state index contributed by atoms with van der Waals surface area (Å²) in [4.78, 5) is 26.0. The molecule has 1 aliphatic carbocycles. The summed E-state index contributed by atoms with van der Waals surface area (Å²) in [7, 11) is 1.65. The number of rotatable bonds is 5. The second kappa shape index (κ2) is 6.74. The minimum absolute atomic E-state index is 0.0762. The molecule has 2 amide bonds. The molecule has 1 fully saturated rings. The highest BCUT2D eigenvalue weighted by Gasteiger charge is 2.25. The van der Waals surface area contributed by atoms with Crippen LogP contribution < -0.4 is 5.32 Å². The van der Waals surface area contributed by atoms with E-state index in [2.05, 4.69) is 27.9 Å². The van der Waals surface area contributed by atoms with E-state index in [1.165, 1.54) is 4.90 Å². The molecule has 0 atom stereocenters. The molecule has 2 aromatic rings. The first-order valence-electron chi connectivity index (χ1n) is 7.53. The molecular weight excluding hydrogens is 405 g/mol. The molecule has 23 heavy (non-hydrogen) atoms. The van der Waals surface area contributed by atoms with Crippen molar-refractivity contribution in [3.63, 3.8) is 0 Å². The number of hydrogen-bond acceptors (Lipinski definition) is 2. The van der Waals surface area contributed by atoms with E-state index in [4.69, 9.17) is 0 Å². The number of nitrogens with zero attached hydrogens (tertiary/aromatic N) is 2. The Bertz CT molecular complexity index is 737. The van der Waals surface area contributed by atoms with Gasteiger partial charge in [-0.1, -0.05) is 6.07 Å². The smallest absolute Gasteiger partial charge is 0.271 e. The summed E-state index contributed by atoms with van der Waals surface area (Å²) in [5.74, 6) is -0.268. The molecule has 0 saturated heterocycles. The second-order valence-electron chi connectivity index (χ2n) is 5.75. The van der Waals surface area contributed by atoms with Crippen LogP contribution in [0, 0.1) is 3.57 Å². The highest BCUT2D eigenvalue weighted by Crippen LogP contribution is 2.19. The molecular formula is C17H18IN3O2. The fraction of sp³-hybridized carbons (Fsp3) is 0.294. The van der Waals surface area contributed by atoms with Gasteiger partial charge in [-0.25, -0.2) is 0 Å². The van der Waals surface area contributed by atoms with Crippen molar-refractivity contribution < 1.29 is 9.59 Å². The van der Waals surface area contributed by atoms with E-state index < -0.39 is 0 Å². The first-order valence-corrected chi connectivity index (χ1v) is 8.60. The molecule has 0 radical (unpaired) electrons. The summed E-state index contributed by atoms with van der Waals surface area (Å²) < 4.78 is 2.95. The maximum absolute atomic E-state index is 12.6. The van der Waals surface area contributed by atoms with E-state index in [0.29, 0.717) is 11.7 Å². The highest BCUT2D eigenvalue weighted by atomic mass is 127. The third-order valence-electron chi connectivity index (χ3n) is 3.72. The number of benzene rings is 1. The molecule has 1 aliphatic rings. The molecule has 1 N–H and O–H groups in total. The van der Waals surface area contributed by atoms with Gasteiger partial charge in [0.1, 0.15) is 5.69 Å². The van der Waals surface area contributed by atoms with E-state index in [-0.39, 0.29) is 18.4 Å². The predicted molar refractivity (Wildman–Crippen MR) is 96.6 cm³/mol. The number of halogens is 1. The minimum atomic E-state index is -0.167. The number of hydrogen-bond donors (Lipinski definition) is 1. The van der Waals surface area contributed by atoms with Crippen LogP contribution in [0.3, 0.4) is 0 Å². The summed E-state index contributed by atoms with van der Waals surface area (Å²) in [6.07, 6.45) is 3.94. The monoisotopic (exact) mass is 423 g/mol. The number of aromatic nitrogens is 1. The van der Waals surface area contributed by atoms with Gasteiger partial charge in [0.25, 0.3) is 5.91 Å². The number of carbonyl (C=O) groups is 2. The van der Waals surface area contributed by atoms with Gasteiger partial charge in [0.15, 0.2) is 0 Å². The topological polar surface area (TPSA) is 54.3 Å². The lowest BCUT2D eigenvalue weighted by Crippen LogP contribution is -2.39. The van der Waals surface area contributed by atoms with Crippen molar-refractivity contribution >= 4 is 34.4 Å². The van der Waals surface area contributed by atoms with Crippen LogP contribution in [0.4, 0.5) is 0 Å². The molecule has 1 saturated carbocycles. The molecule has 3 rings (SSSR count). The van der Waals surface area contributed by atoms with Gasteiger partial charge < -0.3 is 14.8 Å². The molecule has 6 heteroatoms. The first-order chi connectivity index (χ1) is 11.0. The molecule has 120 valence electrons. The largest absolute Gasteiger partial charge is 0.352 e. The quantitative estimate of drug-likeness (QED) is 0.752. The second-order valence-corrected chi connectivity index (χ2v) is 6.99. The van der Waals surface area contributed by atoms with Gasteiger partial charge in [0.2, 0.25) is 5.91 Å². The summed E-state index contributed by atoms with van der Waals surface area (Å²) in [5.41, 5.74) is 1.48. The van der Waals surface area contributed by atoms with Crippen LogP contribution in [0.15, 0.2) is 42.6 Å². The van der Waals surface area contributed by atoms with Crippen LogP contribution >= 0.6 is 22.6 Å². The Morgan fingerprint density at radius 1 is 1.30 bits per heavy atom. The zero-order chi connectivity index (χ0) is 16.4. The van der Waals surface area contributed by atoms with Crippen LogP contribution in [0.5, 0.6) is 0 Å². The Morgan fingerprint density at radius 2 is 2.09 bits per heavy atom. The Morgan fingerprint density at radius 3 is 2.78 bits per heavy atom. The van der Waals surface area contributed by atoms with Gasteiger partial charge in [-0.3, -0.25) is 9.59 Å². The Kier molecular flexibility index (Phi) is 4.70. The minimum Gasteiger partial charge on any atom is -0.352 e. The van der Waals surface area contributed by atoms with Crippen molar-refractivity contribution in [2.75, 3.05) is 13.6 Å². The lowest BCUT2D eigenvalue weighted by atomic mass is 10.3. The fourth-order valence-electron chi connectivity index (χ4n) is 2.39. The van der Waals surface area contributed by atoms with Crippen LogP contribution in [-0.2, 0) is 4.79 Å². The zero-order valence-electron chi connectivity index (χ0n) is 12.8. The summed E-state index contributed by atoms with van der Waals surface area (Å²) in [5, 5.41) is 2.90. The number of nitrogens with one attached hydrogen (secondary N) is 1. The third kappa shape index (κ3) is 3.93. The molecule has 0 unspecified atom stereocenters. The maximum Gasteiger partial charge on any atom is 0.271 e. The average Bonchev–Trinajstić information content (AvgIpc) is 3.18. The molecule has 1 aromatic carbocycles. The first kappa shape index (κ1) is 16.0. The number of carbonyl (C=O) groups excluding carboxylic acids is 2. The third-order valence-corrected chi connectivity index (χ3v) is 4.40. The lowest BCUT2D eigenvalue weighted by Gasteiger charge is -2.18. The van der Waals surface area contributed by atoms with Crippen molar-refractivity contribution in [3.8, 4) is 5.69 Å². The summed E-state index contributed by atoms with van der Waals surface area (Å²) in [6.45, 7) is 0.0762. The van der Waals surface area contributed by atoms with E-state index in [0.717, 1.165) is 22.1 Å². The van der Waals surface area contributed by atoms with Gasteiger partial charge >= 0.3 is 0 Å². The maximum atomic E-state index is 12.6. The summed E-state index contributed by atoms with van der Waals surface area (Å²) in [6, 6.07) is 11.8. The molecule has 0 spiro atoms. The molecule has 5 nitrogen and oxygen atoms in total. The highest BCUT2D eigenvalue weighted by molar-refractivity contribution is 14.1. The van der Waals surface area contributed by atoms with Gasteiger partial charge in [-0.05, 0) is 65.8 Å². The normalized spacial score (nSPS) is 13.7. The molecule has 0 bridgehead atoms. The summed E-state index contributed by atoms with van der Waals surface area (Å²) >= 11 is 2.24. The Labute approximate surface area is 148 Å². The average molecular weight is 423 g/mol. The van der Waals surface area contributed by atoms with Gasteiger partial charge in [-0.15, -0.1) is 0 Å². The Hall–Kier alpha value is -1.83. The van der Waals surface area contributed by atoms with Crippen LogP contribution in [0.25, 0.3) is 5.69 Å². The number of amides is 2. The van der Waals surface area contributed by atoms with Crippen molar-refractivity contribution in [3.05, 3.63) is 51.9 Å². The molecule has 1 aromatic heterocycles. The van der Waals surface area contributed by atoms with E-state index in [1.54, 1.807) is 13.1 Å². The Balaban J connectivity index is 1.74. The van der Waals surface area contributed by atoms with Crippen LogP contribution in [0.1, 0.15) is 23.3 Å². The standard InChI is InChI=1S/C17H18IN3O2/c1-20(11-16(22)19-13-7-8-13)17(23)15-6-3-9-21(15)14-5-2-4-12(18)10-14/h2-6,9-10,13H,7-8,11H2,1H3,(H,19,22). The van der Waals surface area contributed by atoms with E-state index in [1.807, 2.05) is 41.1 Å².